The van der Waals surface area contributed by atoms with E-state index in [0.29, 0.717) is 23.7 Å². The first-order valence-electron chi connectivity index (χ1n) is 5.56. The lowest BCUT2D eigenvalue weighted by Gasteiger charge is -2.12. The maximum absolute atomic E-state index is 11.8. The Kier molecular flexibility index (Phi) is 3.49. The van der Waals surface area contributed by atoms with Crippen LogP contribution < -0.4 is 15.8 Å². The van der Waals surface area contributed by atoms with Crippen molar-refractivity contribution in [3.05, 3.63) is 18.2 Å². The van der Waals surface area contributed by atoms with E-state index in [2.05, 4.69) is 5.32 Å². The largest absolute Gasteiger partial charge is 0.497 e. The fraction of sp³-hybridized carbons (Fsp3) is 0.417. The smallest absolute Gasteiger partial charge is 0.253 e. The molecule has 92 valence electrons. The summed E-state index contributed by atoms with van der Waals surface area (Å²) in [7, 11) is 1.57. The number of carbonyl (C=O) groups excluding carboxylic acids is 1. The van der Waals surface area contributed by atoms with Gasteiger partial charge in [-0.15, -0.1) is 0 Å². The van der Waals surface area contributed by atoms with Crippen molar-refractivity contribution in [2.45, 2.75) is 18.9 Å². The molecule has 3 N–H and O–H groups in total. The molecule has 0 bridgehead atoms. The van der Waals surface area contributed by atoms with E-state index in [1.54, 1.807) is 25.3 Å². The number of nitrogens with one attached hydrogen (secondary N) is 1. The van der Waals surface area contributed by atoms with Crippen LogP contribution in [0.4, 0.5) is 11.4 Å². The van der Waals surface area contributed by atoms with Crippen molar-refractivity contribution in [2.24, 2.45) is 0 Å². The molecule has 1 heterocycles. The first-order valence-corrected chi connectivity index (χ1v) is 5.56. The van der Waals surface area contributed by atoms with Gasteiger partial charge in [0.2, 0.25) is 0 Å². The molecule has 1 aliphatic heterocycles. The maximum Gasteiger partial charge on any atom is 0.253 e. The van der Waals surface area contributed by atoms with Gasteiger partial charge in [-0.25, -0.2) is 0 Å². The summed E-state index contributed by atoms with van der Waals surface area (Å²) in [4.78, 5) is 11.8. The van der Waals surface area contributed by atoms with E-state index < -0.39 is 0 Å². The molecule has 1 unspecified atom stereocenters. The molecule has 1 aromatic carbocycles. The van der Waals surface area contributed by atoms with Gasteiger partial charge in [0.25, 0.3) is 5.91 Å². The number of benzene rings is 1. The number of anilines is 2. The minimum Gasteiger partial charge on any atom is -0.497 e. The van der Waals surface area contributed by atoms with Gasteiger partial charge in [0, 0.05) is 12.7 Å². The van der Waals surface area contributed by atoms with Crippen molar-refractivity contribution < 1.29 is 14.3 Å². The number of nitrogen functional groups attached to an aromatic ring is 1. The normalized spacial score (nSPS) is 19.0. The molecule has 1 saturated heterocycles. The second-order valence-corrected chi connectivity index (χ2v) is 3.94. The number of ether oxygens (including phenoxy) is 2. The van der Waals surface area contributed by atoms with E-state index in [0.717, 1.165) is 12.8 Å². The van der Waals surface area contributed by atoms with Crippen molar-refractivity contribution in [2.75, 3.05) is 24.8 Å². The van der Waals surface area contributed by atoms with Gasteiger partial charge >= 0.3 is 0 Å². The van der Waals surface area contributed by atoms with Crippen LogP contribution in [0.15, 0.2) is 18.2 Å². The summed E-state index contributed by atoms with van der Waals surface area (Å²) in [6.45, 7) is 0.649. The van der Waals surface area contributed by atoms with Gasteiger partial charge in [-0.05, 0) is 25.0 Å². The molecule has 0 aliphatic carbocycles. The minimum absolute atomic E-state index is 0.139. The Morgan fingerprint density at radius 1 is 1.59 bits per heavy atom. The van der Waals surface area contributed by atoms with Gasteiger partial charge in [-0.2, -0.15) is 0 Å². The monoisotopic (exact) mass is 236 g/mol. The molecule has 0 saturated carbocycles. The Labute approximate surface area is 99.9 Å². The molecule has 1 fully saturated rings. The van der Waals surface area contributed by atoms with Crippen LogP contribution in [0.1, 0.15) is 12.8 Å². The average molecular weight is 236 g/mol. The summed E-state index contributed by atoms with van der Waals surface area (Å²) in [5.74, 6) is 0.525. The van der Waals surface area contributed by atoms with Crippen molar-refractivity contribution in [1.29, 1.82) is 0 Å². The van der Waals surface area contributed by atoms with Crippen molar-refractivity contribution >= 4 is 17.3 Å². The number of hydrogen-bond acceptors (Lipinski definition) is 4. The van der Waals surface area contributed by atoms with Gasteiger partial charge in [0.1, 0.15) is 11.9 Å². The van der Waals surface area contributed by atoms with Crippen molar-refractivity contribution in [3.8, 4) is 5.75 Å². The van der Waals surface area contributed by atoms with Crippen LogP contribution in [-0.4, -0.2) is 25.7 Å². The quantitative estimate of drug-likeness (QED) is 0.778. The zero-order chi connectivity index (χ0) is 12.3. The lowest BCUT2D eigenvalue weighted by Crippen LogP contribution is -2.27. The lowest BCUT2D eigenvalue weighted by molar-refractivity contribution is -0.124. The summed E-state index contributed by atoms with van der Waals surface area (Å²) < 4.78 is 10.3. The molecule has 0 radical (unpaired) electrons. The number of hydrogen-bond donors (Lipinski definition) is 2. The second kappa shape index (κ2) is 5.05. The molecule has 1 atom stereocenters. The fourth-order valence-corrected chi connectivity index (χ4v) is 1.78. The number of methoxy groups -OCH3 is 1. The first-order chi connectivity index (χ1) is 8.20. The summed E-state index contributed by atoms with van der Waals surface area (Å²) in [6.07, 6.45) is 1.34. The van der Waals surface area contributed by atoms with Gasteiger partial charge in [-0.3, -0.25) is 4.79 Å². The van der Waals surface area contributed by atoms with E-state index in [4.69, 9.17) is 15.2 Å². The predicted octanol–water partition coefficient (Wildman–Crippen LogP) is 1.39. The highest BCUT2D eigenvalue weighted by molar-refractivity contribution is 5.97. The van der Waals surface area contributed by atoms with E-state index in [1.165, 1.54) is 0 Å². The van der Waals surface area contributed by atoms with Crippen LogP contribution in [0.5, 0.6) is 5.75 Å². The molecule has 0 aromatic heterocycles. The maximum atomic E-state index is 11.8. The number of nitrogens with two attached hydrogens (primary N) is 1. The Morgan fingerprint density at radius 3 is 3.00 bits per heavy atom. The predicted molar refractivity (Wildman–Crippen MR) is 65.0 cm³/mol. The third kappa shape index (κ3) is 2.68. The van der Waals surface area contributed by atoms with Crippen molar-refractivity contribution in [1.82, 2.24) is 0 Å². The van der Waals surface area contributed by atoms with Crippen LogP contribution in [0, 0.1) is 0 Å². The fourth-order valence-electron chi connectivity index (χ4n) is 1.78. The lowest BCUT2D eigenvalue weighted by atomic mass is 10.2. The number of carbonyl (C=O) groups is 1. The Bertz CT molecular complexity index is 414. The minimum atomic E-state index is -0.350. The van der Waals surface area contributed by atoms with Gasteiger partial charge in [0.05, 0.1) is 18.5 Å². The standard InChI is InChI=1S/C12H16N2O3/c1-16-8-4-5-10(9(13)7-8)14-12(15)11-3-2-6-17-11/h4-5,7,11H,2-3,6,13H2,1H3,(H,14,15). The first kappa shape index (κ1) is 11.7. The molecule has 17 heavy (non-hydrogen) atoms. The topological polar surface area (TPSA) is 73.6 Å². The zero-order valence-electron chi connectivity index (χ0n) is 9.73. The van der Waals surface area contributed by atoms with E-state index in [1.807, 2.05) is 0 Å². The van der Waals surface area contributed by atoms with Crippen LogP contribution in [-0.2, 0) is 9.53 Å². The van der Waals surface area contributed by atoms with Gasteiger partial charge in [-0.1, -0.05) is 0 Å². The molecular formula is C12H16N2O3. The Balaban J connectivity index is 2.05. The van der Waals surface area contributed by atoms with Crippen molar-refractivity contribution in [3.63, 3.8) is 0 Å². The van der Waals surface area contributed by atoms with Crippen LogP contribution in [0.25, 0.3) is 0 Å². The highest BCUT2D eigenvalue weighted by Gasteiger charge is 2.23. The molecular weight excluding hydrogens is 220 g/mol. The second-order valence-electron chi connectivity index (χ2n) is 3.94. The summed E-state index contributed by atoms with van der Waals surface area (Å²) in [6, 6.07) is 5.15. The Hall–Kier alpha value is -1.75. The van der Waals surface area contributed by atoms with E-state index >= 15 is 0 Å². The van der Waals surface area contributed by atoms with Gasteiger partial charge < -0.3 is 20.5 Å². The molecule has 1 aromatic rings. The highest BCUT2D eigenvalue weighted by Crippen LogP contribution is 2.25. The third-order valence-electron chi connectivity index (χ3n) is 2.74. The average Bonchev–Trinajstić information content (AvgIpc) is 2.85. The Morgan fingerprint density at radius 2 is 2.41 bits per heavy atom. The molecule has 5 heteroatoms. The number of amides is 1. The molecule has 2 rings (SSSR count). The highest BCUT2D eigenvalue weighted by atomic mass is 16.5. The summed E-state index contributed by atoms with van der Waals surface area (Å²) >= 11 is 0. The SMILES string of the molecule is COc1ccc(NC(=O)C2CCCO2)c(N)c1. The van der Waals surface area contributed by atoms with E-state index in [9.17, 15) is 4.79 Å². The molecule has 5 nitrogen and oxygen atoms in total. The van der Waals surface area contributed by atoms with Crippen LogP contribution >= 0.6 is 0 Å². The zero-order valence-corrected chi connectivity index (χ0v) is 9.73. The third-order valence-corrected chi connectivity index (χ3v) is 2.74. The van der Waals surface area contributed by atoms with Gasteiger partial charge in [0.15, 0.2) is 0 Å². The molecule has 1 aliphatic rings. The molecule has 1 amide bonds. The number of rotatable bonds is 3. The summed E-state index contributed by atoms with van der Waals surface area (Å²) in [5, 5.41) is 2.76. The van der Waals surface area contributed by atoms with Crippen LogP contribution in [0.2, 0.25) is 0 Å². The van der Waals surface area contributed by atoms with E-state index in [-0.39, 0.29) is 12.0 Å². The van der Waals surface area contributed by atoms with Crippen LogP contribution in [0.3, 0.4) is 0 Å². The molecule has 0 spiro atoms. The summed E-state index contributed by atoms with van der Waals surface area (Å²) in [5.41, 5.74) is 6.88.